The molecule has 0 bridgehead atoms. The Labute approximate surface area is 172 Å². The highest BCUT2D eigenvalue weighted by atomic mass is 32.2. The number of hydrogen-bond donors (Lipinski definition) is 1. The first-order valence-electron chi connectivity index (χ1n) is 9.47. The molecule has 9 nitrogen and oxygen atoms in total. The molecule has 0 unspecified atom stereocenters. The molecule has 1 saturated heterocycles. The minimum atomic E-state index is -0.385. The van der Waals surface area contributed by atoms with Crippen molar-refractivity contribution in [2.45, 2.75) is 24.9 Å². The molecule has 1 aromatic carbocycles. The third kappa shape index (κ3) is 5.35. The summed E-state index contributed by atoms with van der Waals surface area (Å²) in [4.78, 5) is 45.8. The van der Waals surface area contributed by atoms with Crippen molar-refractivity contribution in [3.8, 4) is 0 Å². The van der Waals surface area contributed by atoms with Crippen LogP contribution in [0.1, 0.15) is 19.0 Å². The Balaban J connectivity index is 1.56. The number of aromatic nitrogens is 2. The second kappa shape index (κ2) is 9.55. The van der Waals surface area contributed by atoms with Gasteiger partial charge in [0.2, 0.25) is 5.91 Å². The molecule has 1 aliphatic heterocycles. The summed E-state index contributed by atoms with van der Waals surface area (Å²) in [5.74, 6) is 0.144. The first-order chi connectivity index (χ1) is 14.0. The predicted octanol–water partition coefficient (Wildman–Crippen LogP) is 2.07. The van der Waals surface area contributed by atoms with Gasteiger partial charge >= 0.3 is 0 Å². The van der Waals surface area contributed by atoms with Crippen LogP contribution in [-0.4, -0.2) is 57.6 Å². The average molecular weight is 417 g/mol. The number of benzene rings is 1. The van der Waals surface area contributed by atoms with E-state index in [1.807, 2.05) is 11.8 Å². The van der Waals surface area contributed by atoms with Crippen molar-refractivity contribution in [3.63, 3.8) is 0 Å². The standard InChI is InChI=1S/C19H23N5O4S/c1-2-5-14-12-17(25)21-19(20-14)29-13-18(26)23-10-8-22(9-11-23)15-6-3-4-7-16(15)24(27)28/h3-4,6-7,12H,2,5,8-11,13H2,1H3,(H,20,21,25). The number of anilines is 1. The average Bonchev–Trinajstić information content (AvgIpc) is 2.72. The molecular weight excluding hydrogens is 394 g/mol. The SMILES string of the molecule is CCCc1cc(=O)[nH]c(SCC(=O)N2CCN(c3ccccc3[N+](=O)[O-])CC2)n1. The number of carbonyl (C=O) groups excluding carboxylic acids is 1. The predicted molar refractivity (Wildman–Crippen MR) is 111 cm³/mol. The highest BCUT2D eigenvalue weighted by Gasteiger charge is 2.25. The maximum atomic E-state index is 12.5. The van der Waals surface area contributed by atoms with E-state index < -0.39 is 0 Å². The van der Waals surface area contributed by atoms with Crippen LogP contribution in [0, 0.1) is 10.1 Å². The van der Waals surface area contributed by atoms with Crippen molar-refractivity contribution < 1.29 is 9.72 Å². The van der Waals surface area contributed by atoms with E-state index >= 15 is 0 Å². The van der Waals surface area contributed by atoms with Crippen LogP contribution < -0.4 is 10.5 Å². The third-order valence-corrected chi connectivity index (χ3v) is 5.52. The number of nitrogens with one attached hydrogen (secondary N) is 1. The summed E-state index contributed by atoms with van der Waals surface area (Å²) in [5, 5.41) is 11.7. The van der Waals surface area contributed by atoms with E-state index in [0.717, 1.165) is 18.5 Å². The van der Waals surface area contributed by atoms with Crippen LogP contribution >= 0.6 is 11.8 Å². The van der Waals surface area contributed by atoms with Crippen LogP contribution in [0.4, 0.5) is 11.4 Å². The quantitative estimate of drug-likeness (QED) is 0.318. The fraction of sp³-hybridized carbons (Fsp3) is 0.421. The molecule has 0 atom stereocenters. The van der Waals surface area contributed by atoms with Gasteiger partial charge in [-0.1, -0.05) is 37.2 Å². The number of aromatic amines is 1. The lowest BCUT2D eigenvalue weighted by molar-refractivity contribution is -0.384. The largest absolute Gasteiger partial charge is 0.362 e. The van der Waals surface area contributed by atoms with Crippen LogP contribution in [0.15, 0.2) is 40.3 Å². The normalized spacial score (nSPS) is 14.1. The molecule has 1 aliphatic rings. The van der Waals surface area contributed by atoms with Gasteiger partial charge < -0.3 is 14.8 Å². The molecule has 2 heterocycles. The highest BCUT2D eigenvalue weighted by molar-refractivity contribution is 7.99. The number of hydrogen-bond acceptors (Lipinski definition) is 7. The van der Waals surface area contributed by atoms with Crippen LogP contribution in [-0.2, 0) is 11.2 Å². The van der Waals surface area contributed by atoms with E-state index in [2.05, 4.69) is 9.97 Å². The van der Waals surface area contributed by atoms with Gasteiger partial charge in [0.1, 0.15) is 5.69 Å². The molecule has 1 amide bonds. The lowest BCUT2D eigenvalue weighted by Crippen LogP contribution is -2.49. The fourth-order valence-electron chi connectivity index (χ4n) is 3.24. The maximum absolute atomic E-state index is 12.5. The molecule has 154 valence electrons. The molecule has 29 heavy (non-hydrogen) atoms. The van der Waals surface area contributed by atoms with Crippen molar-refractivity contribution in [1.29, 1.82) is 0 Å². The molecule has 1 N–H and O–H groups in total. The first kappa shape index (κ1) is 20.8. The number of H-pyrrole nitrogens is 1. The molecule has 1 aromatic heterocycles. The molecule has 0 radical (unpaired) electrons. The number of amides is 1. The van der Waals surface area contributed by atoms with Crippen molar-refractivity contribution in [3.05, 3.63) is 56.5 Å². The van der Waals surface area contributed by atoms with E-state index in [0.29, 0.717) is 37.0 Å². The zero-order chi connectivity index (χ0) is 20.8. The molecule has 0 aliphatic carbocycles. The highest BCUT2D eigenvalue weighted by Crippen LogP contribution is 2.28. The second-order valence-corrected chi connectivity index (χ2v) is 7.66. The summed E-state index contributed by atoms with van der Waals surface area (Å²) in [6.07, 6.45) is 1.61. The summed E-state index contributed by atoms with van der Waals surface area (Å²) in [6.45, 7) is 4.06. The Morgan fingerprint density at radius 3 is 2.69 bits per heavy atom. The van der Waals surface area contributed by atoms with E-state index in [1.54, 1.807) is 23.1 Å². The van der Waals surface area contributed by atoms with Gasteiger partial charge in [-0.3, -0.25) is 19.7 Å². The summed E-state index contributed by atoms with van der Waals surface area (Å²) < 4.78 is 0. The van der Waals surface area contributed by atoms with Crippen molar-refractivity contribution in [1.82, 2.24) is 14.9 Å². The Kier molecular flexibility index (Phi) is 6.86. The van der Waals surface area contributed by atoms with Gasteiger partial charge in [-0.25, -0.2) is 4.98 Å². The summed E-state index contributed by atoms with van der Waals surface area (Å²) in [5.41, 5.74) is 1.17. The Hall–Kier alpha value is -2.88. The minimum Gasteiger partial charge on any atom is -0.362 e. The number of piperazine rings is 1. The summed E-state index contributed by atoms with van der Waals surface area (Å²) >= 11 is 1.22. The van der Waals surface area contributed by atoms with Crippen LogP contribution in [0.2, 0.25) is 0 Å². The van der Waals surface area contributed by atoms with Crippen LogP contribution in [0.25, 0.3) is 0 Å². The third-order valence-electron chi connectivity index (χ3n) is 4.66. The Morgan fingerprint density at radius 1 is 1.28 bits per heavy atom. The zero-order valence-electron chi connectivity index (χ0n) is 16.2. The minimum absolute atomic E-state index is 0.0410. The van der Waals surface area contributed by atoms with Crippen molar-refractivity contribution >= 4 is 29.0 Å². The van der Waals surface area contributed by atoms with Gasteiger partial charge in [0.25, 0.3) is 11.2 Å². The number of nitro benzene ring substituents is 1. The Morgan fingerprint density at radius 2 is 2.00 bits per heavy atom. The van der Waals surface area contributed by atoms with Gasteiger partial charge in [-0.2, -0.15) is 0 Å². The molecular formula is C19H23N5O4S. The lowest BCUT2D eigenvalue weighted by Gasteiger charge is -2.35. The van der Waals surface area contributed by atoms with Crippen LogP contribution in [0.5, 0.6) is 0 Å². The van der Waals surface area contributed by atoms with Gasteiger partial charge in [0, 0.05) is 44.0 Å². The molecule has 2 aromatic rings. The van der Waals surface area contributed by atoms with Gasteiger partial charge in [0.15, 0.2) is 5.16 Å². The van der Waals surface area contributed by atoms with Crippen molar-refractivity contribution in [2.24, 2.45) is 0 Å². The van der Waals surface area contributed by atoms with Crippen LogP contribution in [0.3, 0.4) is 0 Å². The number of para-hydroxylation sites is 2. The van der Waals surface area contributed by atoms with E-state index in [4.69, 9.17) is 0 Å². The zero-order valence-corrected chi connectivity index (χ0v) is 17.0. The van der Waals surface area contributed by atoms with Gasteiger partial charge in [-0.15, -0.1) is 0 Å². The topological polar surface area (TPSA) is 112 Å². The second-order valence-electron chi connectivity index (χ2n) is 6.69. The Bertz CT molecular complexity index is 940. The fourth-order valence-corrected chi connectivity index (χ4v) is 4.04. The first-order valence-corrected chi connectivity index (χ1v) is 10.5. The lowest BCUT2D eigenvalue weighted by atomic mass is 10.2. The van der Waals surface area contributed by atoms with E-state index in [1.165, 1.54) is 23.9 Å². The van der Waals surface area contributed by atoms with E-state index in [9.17, 15) is 19.7 Å². The smallest absolute Gasteiger partial charge is 0.292 e. The van der Waals surface area contributed by atoms with Crippen molar-refractivity contribution in [2.75, 3.05) is 36.8 Å². The summed E-state index contributed by atoms with van der Waals surface area (Å²) in [7, 11) is 0. The molecule has 0 spiro atoms. The number of rotatable bonds is 7. The number of aryl methyl sites for hydroxylation is 1. The van der Waals surface area contributed by atoms with Gasteiger partial charge in [0.05, 0.1) is 10.7 Å². The maximum Gasteiger partial charge on any atom is 0.292 e. The number of carbonyl (C=O) groups is 1. The number of thioether (sulfide) groups is 1. The monoisotopic (exact) mass is 417 g/mol. The summed E-state index contributed by atoms with van der Waals surface area (Å²) in [6, 6.07) is 8.13. The van der Waals surface area contributed by atoms with E-state index in [-0.39, 0.29) is 27.8 Å². The molecule has 10 heteroatoms. The molecule has 0 saturated carbocycles. The molecule has 1 fully saturated rings. The van der Waals surface area contributed by atoms with Gasteiger partial charge in [-0.05, 0) is 12.5 Å². The number of nitrogens with zero attached hydrogens (tertiary/aromatic N) is 4. The number of nitro groups is 1. The molecule has 3 rings (SSSR count).